The van der Waals surface area contributed by atoms with Crippen molar-refractivity contribution in [3.8, 4) is 0 Å². The Morgan fingerprint density at radius 2 is 2.26 bits per heavy atom. The largest absolute Gasteiger partial charge is 0.382 e. The number of hydrogen-bond donors (Lipinski definition) is 2. The number of hydrazine groups is 1. The molecule has 1 saturated carbocycles. The van der Waals surface area contributed by atoms with Gasteiger partial charge in [0.25, 0.3) is 0 Å². The highest BCUT2D eigenvalue weighted by Gasteiger charge is 2.20. The van der Waals surface area contributed by atoms with Crippen LogP contribution >= 0.6 is 0 Å². The van der Waals surface area contributed by atoms with E-state index in [0.29, 0.717) is 0 Å². The zero-order chi connectivity index (χ0) is 13.5. The zero-order valence-electron chi connectivity index (χ0n) is 11.9. The van der Waals surface area contributed by atoms with E-state index in [-0.39, 0.29) is 6.04 Å². The number of benzene rings is 1. The molecule has 2 rings (SSSR count). The smallest absolute Gasteiger partial charge is 0.0466 e. The van der Waals surface area contributed by atoms with Crippen LogP contribution < -0.4 is 11.3 Å². The van der Waals surface area contributed by atoms with Crippen LogP contribution in [0.1, 0.15) is 62.1 Å². The van der Waals surface area contributed by atoms with Gasteiger partial charge in [0.05, 0.1) is 0 Å². The van der Waals surface area contributed by atoms with Crippen LogP contribution in [-0.4, -0.2) is 13.2 Å². The third-order valence-corrected chi connectivity index (χ3v) is 4.08. The van der Waals surface area contributed by atoms with Crippen molar-refractivity contribution in [3.05, 3.63) is 35.4 Å². The molecule has 0 radical (unpaired) electrons. The normalized spacial score (nSPS) is 17.2. The fourth-order valence-electron chi connectivity index (χ4n) is 2.65. The minimum atomic E-state index is 0.237. The number of nitrogens with one attached hydrogen (secondary N) is 1. The molecular formula is C16H26N2O. The Labute approximate surface area is 116 Å². The zero-order valence-corrected chi connectivity index (χ0v) is 11.9. The summed E-state index contributed by atoms with van der Waals surface area (Å²) in [6.07, 6.45) is 6.12. The minimum Gasteiger partial charge on any atom is -0.382 e. The molecule has 0 saturated heterocycles. The SMILES string of the molecule is CCOCCCC(NN)c1cccc(C2CCC2)c1. The van der Waals surface area contributed by atoms with E-state index in [1.807, 2.05) is 6.92 Å². The summed E-state index contributed by atoms with van der Waals surface area (Å²) in [4.78, 5) is 0. The van der Waals surface area contributed by atoms with Crippen molar-refractivity contribution in [1.29, 1.82) is 0 Å². The fraction of sp³-hybridized carbons (Fsp3) is 0.625. The molecule has 0 bridgehead atoms. The van der Waals surface area contributed by atoms with Gasteiger partial charge < -0.3 is 4.74 Å². The molecule has 3 heteroatoms. The fourth-order valence-corrected chi connectivity index (χ4v) is 2.65. The Balaban J connectivity index is 1.93. The van der Waals surface area contributed by atoms with Gasteiger partial charge in [0.15, 0.2) is 0 Å². The van der Waals surface area contributed by atoms with Crippen molar-refractivity contribution in [2.24, 2.45) is 5.84 Å². The quantitative estimate of drug-likeness (QED) is 0.429. The second kappa shape index (κ2) is 7.63. The van der Waals surface area contributed by atoms with Gasteiger partial charge in [-0.1, -0.05) is 30.7 Å². The second-order valence-corrected chi connectivity index (χ2v) is 5.36. The van der Waals surface area contributed by atoms with Crippen molar-refractivity contribution in [2.45, 2.75) is 51.0 Å². The van der Waals surface area contributed by atoms with Crippen molar-refractivity contribution in [2.75, 3.05) is 13.2 Å². The van der Waals surface area contributed by atoms with Gasteiger partial charge in [0, 0.05) is 19.3 Å². The molecule has 0 aliphatic heterocycles. The van der Waals surface area contributed by atoms with Crippen molar-refractivity contribution >= 4 is 0 Å². The summed E-state index contributed by atoms with van der Waals surface area (Å²) in [5.41, 5.74) is 5.73. The Hall–Kier alpha value is -0.900. The molecule has 1 aliphatic carbocycles. The molecule has 1 fully saturated rings. The summed E-state index contributed by atoms with van der Waals surface area (Å²) < 4.78 is 5.38. The van der Waals surface area contributed by atoms with Crippen LogP contribution in [-0.2, 0) is 4.74 Å². The maximum atomic E-state index is 5.70. The molecule has 0 amide bonds. The standard InChI is InChI=1S/C16H26N2O/c1-2-19-11-5-10-16(18-17)15-9-4-8-14(12-15)13-6-3-7-13/h4,8-9,12-13,16,18H,2-3,5-7,10-11,17H2,1H3. The Morgan fingerprint density at radius 3 is 2.89 bits per heavy atom. The predicted octanol–water partition coefficient (Wildman–Crippen LogP) is 3.28. The number of ether oxygens (including phenoxy) is 1. The van der Waals surface area contributed by atoms with Gasteiger partial charge in [-0.3, -0.25) is 11.3 Å². The monoisotopic (exact) mass is 262 g/mol. The minimum absolute atomic E-state index is 0.237. The van der Waals surface area contributed by atoms with Crippen LogP contribution in [0.2, 0.25) is 0 Å². The van der Waals surface area contributed by atoms with E-state index in [4.69, 9.17) is 10.6 Å². The first-order chi connectivity index (χ1) is 9.35. The molecule has 0 heterocycles. The highest BCUT2D eigenvalue weighted by Crippen LogP contribution is 2.37. The van der Waals surface area contributed by atoms with Gasteiger partial charge in [-0.15, -0.1) is 0 Å². The molecule has 106 valence electrons. The number of rotatable bonds is 8. The highest BCUT2D eigenvalue weighted by atomic mass is 16.5. The summed E-state index contributed by atoms with van der Waals surface area (Å²) in [5, 5.41) is 0. The lowest BCUT2D eigenvalue weighted by Crippen LogP contribution is -2.28. The lowest BCUT2D eigenvalue weighted by atomic mass is 9.79. The summed E-state index contributed by atoms with van der Waals surface area (Å²) in [6, 6.07) is 9.15. The van der Waals surface area contributed by atoms with Crippen LogP contribution in [0.5, 0.6) is 0 Å². The number of hydrogen-bond acceptors (Lipinski definition) is 3. The lowest BCUT2D eigenvalue weighted by molar-refractivity contribution is 0.141. The molecule has 0 aromatic heterocycles. The van der Waals surface area contributed by atoms with E-state index < -0.39 is 0 Å². The molecule has 19 heavy (non-hydrogen) atoms. The second-order valence-electron chi connectivity index (χ2n) is 5.36. The maximum Gasteiger partial charge on any atom is 0.0466 e. The average molecular weight is 262 g/mol. The van der Waals surface area contributed by atoms with E-state index in [1.165, 1.54) is 30.4 Å². The lowest BCUT2D eigenvalue weighted by Gasteiger charge is -2.27. The van der Waals surface area contributed by atoms with Crippen molar-refractivity contribution < 1.29 is 4.74 Å². The molecule has 1 aliphatic rings. The number of nitrogens with two attached hydrogens (primary N) is 1. The summed E-state index contributed by atoms with van der Waals surface area (Å²) in [6.45, 7) is 3.63. The first-order valence-electron chi connectivity index (χ1n) is 7.49. The molecule has 3 N–H and O–H groups in total. The summed E-state index contributed by atoms with van der Waals surface area (Å²) in [7, 11) is 0. The predicted molar refractivity (Wildman–Crippen MR) is 78.8 cm³/mol. The van der Waals surface area contributed by atoms with Crippen LogP contribution in [0.25, 0.3) is 0 Å². The van der Waals surface area contributed by atoms with E-state index in [1.54, 1.807) is 0 Å². The van der Waals surface area contributed by atoms with Gasteiger partial charge in [0.2, 0.25) is 0 Å². The topological polar surface area (TPSA) is 47.3 Å². The third-order valence-electron chi connectivity index (χ3n) is 4.08. The molecule has 3 nitrogen and oxygen atoms in total. The summed E-state index contributed by atoms with van der Waals surface area (Å²) >= 11 is 0. The molecule has 0 spiro atoms. The Kier molecular flexibility index (Phi) is 5.83. The van der Waals surface area contributed by atoms with Crippen LogP contribution in [0, 0.1) is 0 Å². The van der Waals surface area contributed by atoms with E-state index in [0.717, 1.165) is 32.0 Å². The Morgan fingerprint density at radius 1 is 1.42 bits per heavy atom. The van der Waals surface area contributed by atoms with Gasteiger partial charge in [-0.2, -0.15) is 0 Å². The Bertz CT molecular complexity index is 377. The third kappa shape index (κ3) is 4.03. The van der Waals surface area contributed by atoms with Crippen molar-refractivity contribution in [3.63, 3.8) is 0 Å². The van der Waals surface area contributed by atoms with E-state index in [9.17, 15) is 0 Å². The van der Waals surface area contributed by atoms with Gasteiger partial charge in [-0.05, 0) is 49.7 Å². The van der Waals surface area contributed by atoms with E-state index in [2.05, 4.69) is 29.7 Å². The highest BCUT2D eigenvalue weighted by molar-refractivity contribution is 5.29. The molecular weight excluding hydrogens is 236 g/mol. The maximum absolute atomic E-state index is 5.70. The molecule has 1 unspecified atom stereocenters. The van der Waals surface area contributed by atoms with Gasteiger partial charge in [0.1, 0.15) is 0 Å². The molecule has 1 atom stereocenters. The molecule has 1 aromatic carbocycles. The average Bonchev–Trinajstić information content (AvgIpc) is 2.37. The van der Waals surface area contributed by atoms with E-state index >= 15 is 0 Å². The first-order valence-corrected chi connectivity index (χ1v) is 7.49. The van der Waals surface area contributed by atoms with Crippen LogP contribution in [0.3, 0.4) is 0 Å². The molecule has 1 aromatic rings. The van der Waals surface area contributed by atoms with Crippen LogP contribution in [0.15, 0.2) is 24.3 Å². The summed E-state index contributed by atoms with van der Waals surface area (Å²) in [5.74, 6) is 6.48. The first kappa shape index (κ1) is 14.5. The van der Waals surface area contributed by atoms with Crippen molar-refractivity contribution in [1.82, 2.24) is 5.43 Å². The van der Waals surface area contributed by atoms with Gasteiger partial charge >= 0.3 is 0 Å². The van der Waals surface area contributed by atoms with Gasteiger partial charge in [-0.25, -0.2) is 0 Å². The van der Waals surface area contributed by atoms with Crippen LogP contribution in [0.4, 0.5) is 0 Å².